The van der Waals surface area contributed by atoms with Crippen molar-refractivity contribution in [3.05, 3.63) is 60.7 Å². The van der Waals surface area contributed by atoms with Crippen LogP contribution in [-0.4, -0.2) is 5.54 Å². The molecule has 0 heterocycles. The first-order chi connectivity index (χ1) is 13.1. The molecule has 0 atom stereocenters. The zero-order valence-electron chi connectivity index (χ0n) is 15.4. The molecule has 4 saturated carbocycles. The van der Waals surface area contributed by atoms with Crippen LogP contribution in [0, 0.1) is 17.8 Å². The van der Waals surface area contributed by atoms with Gasteiger partial charge in [-0.1, -0.05) is 36.4 Å². The van der Waals surface area contributed by atoms with Crippen molar-refractivity contribution in [2.24, 2.45) is 17.8 Å². The molecule has 0 amide bonds. The molecule has 27 heavy (non-hydrogen) atoms. The van der Waals surface area contributed by atoms with Gasteiger partial charge in [0.25, 0.3) is 0 Å². The molecule has 0 saturated heterocycles. The molecule has 1 N–H and O–H groups in total. The summed E-state index contributed by atoms with van der Waals surface area (Å²) in [4.78, 5) is 0. The van der Waals surface area contributed by atoms with Crippen LogP contribution in [0.5, 0.6) is 11.5 Å². The quantitative estimate of drug-likeness (QED) is 0.640. The maximum atomic E-state index is 13.9. The first kappa shape index (κ1) is 17.3. The Balaban J connectivity index is 1.44. The molecule has 4 aliphatic rings. The van der Waals surface area contributed by atoms with Gasteiger partial charge in [0.05, 0.1) is 0 Å². The molecule has 2 aromatic carbocycles. The molecule has 0 aromatic heterocycles. The van der Waals surface area contributed by atoms with Crippen LogP contribution in [0.4, 0.5) is 0 Å². The van der Waals surface area contributed by atoms with Crippen molar-refractivity contribution >= 4 is 7.75 Å². The lowest BCUT2D eigenvalue weighted by Gasteiger charge is -2.57. The number of hydrogen-bond donors (Lipinski definition) is 1. The largest absolute Gasteiger partial charge is 0.513 e. The first-order valence-electron chi connectivity index (χ1n) is 9.99. The van der Waals surface area contributed by atoms with E-state index in [-0.39, 0.29) is 5.54 Å². The van der Waals surface area contributed by atoms with Crippen molar-refractivity contribution in [3.8, 4) is 11.5 Å². The van der Waals surface area contributed by atoms with Gasteiger partial charge in [0.1, 0.15) is 11.5 Å². The zero-order valence-corrected chi connectivity index (χ0v) is 16.3. The summed E-state index contributed by atoms with van der Waals surface area (Å²) in [7, 11) is -3.56. The van der Waals surface area contributed by atoms with E-state index >= 15 is 0 Å². The van der Waals surface area contributed by atoms with Crippen molar-refractivity contribution in [2.45, 2.75) is 44.1 Å². The Morgan fingerprint density at radius 1 is 0.741 bits per heavy atom. The fourth-order valence-corrected chi connectivity index (χ4v) is 7.62. The average molecular weight is 383 g/mol. The lowest BCUT2D eigenvalue weighted by molar-refractivity contribution is -0.0109. The van der Waals surface area contributed by atoms with E-state index in [0.717, 1.165) is 37.0 Å². The monoisotopic (exact) mass is 383 g/mol. The van der Waals surface area contributed by atoms with Crippen LogP contribution in [0.25, 0.3) is 0 Å². The molecule has 4 fully saturated rings. The van der Waals surface area contributed by atoms with Crippen LogP contribution in [0.1, 0.15) is 38.5 Å². The third-order valence-corrected chi connectivity index (χ3v) is 8.00. The molecule has 5 heteroatoms. The van der Waals surface area contributed by atoms with Crippen LogP contribution in [0.2, 0.25) is 0 Å². The number of hydrogen-bond acceptors (Lipinski definition) is 3. The SMILES string of the molecule is O=P(NC12CC3CC(CC(C3)C1)C2)(Oc1ccccc1)Oc1ccccc1. The predicted octanol–water partition coefficient (Wildman–Crippen LogP) is 5.81. The average Bonchev–Trinajstić information content (AvgIpc) is 2.61. The molecular formula is C22H26NO3P. The molecule has 4 bridgehead atoms. The Bertz CT molecular complexity index is 758. The summed E-state index contributed by atoms with van der Waals surface area (Å²) in [6.45, 7) is 0. The van der Waals surface area contributed by atoms with Crippen molar-refractivity contribution in [3.63, 3.8) is 0 Å². The van der Waals surface area contributed by atoms with E-state index in [4.69, 9.17) is 9.05 Å². The lowest BCUT2D eigenvalue weighted by atomic mass is 9.53. The highest BCUT2D eigenvalue weighted by atomic mass is 31.2. The van der Waals surface area contributed by atoms with Gasteiger partial charge in [-0.2, -0.15) is 5.09 Å². The Morgan fingerprint density at radius 3 is 1.56 bits per heavy atom. The lowest BCUT2D eigenvalue weighted by Crippen LogP contribution is -2.57. The molecule has 6 rings (SSSR count). The molecule has 0 unspecified atom stereocenters. The predicted molar refractivity (Wildman–Crippen MR) is 106 cm³/mol. The van der Waals surface area contributed by atoms with E-state index in [1.165, 1.54) is 19.3 Å². The fourth-order valence-electron chi connectivity index (χ4n) is 5.84. The van der Waals surface area contributed by atoms with Crippen LogP contribution < -0.4 is 14.1 Å². The van der Waals surface area contributed by atoms with E-state index in [1.807, 2.05) is 60.7 Å². The number of benzene rings is 2. The Kier molecular flexibility index (Phi) is 4.29. The summed E-state index contributed by atoms with van der Waals surface area (Å²) in [5.74, 6) is 3.39. The van der Waals surface area contributed by atoms with E-state index in [0.29, 0.717) is 11.5 Å². The summed E-state index contributed by atoms with van der Waals surface area (Å²) in [5.41, 5.74) is -0.117. The van der Waals surface area contributed by atoms with Crippen molar-refractivity contribution in [1.29, 1.82) is 0 Å². The molecule has 4 nitrogen and oxygen atoms in total. The van der Waals surface area contributed by atoms with E-state index in [1.54, 1.807) is 0 Å². The van der Waals surface area contributed by atoms with Gasteiger partial charge in [-0.15, -0.1) is 0 Å². The van der Waals surface area contributed by atoms with Crippen molar-refractivity contribution in [2.75, 3.05) is 0 Å². The Morgan fingerprint density at radius 2 is 1.15 bits per heavy atom. The van der Waals surface area contributed by atoms with Crippen LogP contribution >= 0.6 is 7.75 Å². The molecule has 0 spiro atoms. The van der Waals surface area contributed by atoms with Crippen LogP contribution in [0.15, 0.2) is 60.7 Å². The second-order valence-electron chi connectivity index (χ2n) is 8.62. The highest BCUT2D eigenvalue weighted by Gasteiger charge is 2.54. The number of rotatable bonds is 6. The minimum atomic E-state index is -3.56. The Labute approximate surface area is 160 Å². The topological polar surface area (TPSA) is 47.6 Å². The standard InChI is InChI=1S/C22H26NO3P/c24-27(25-20-7-3-1-4-8-20,26-21-9-5-2-6-10-21)23-22-14-17-11-18(15-22)13-19(12-17)16-22/h1-10,17-19H,11-16H2,(H,23,24). The highest BCUT2D eigenvalue weighted by molar-refractivity contribution is 7.52. The van der Waals surface area contributed by atoms with Gasteiger partial charge in [-0.25, -0.2) is 4.57 Å². The van der Waals surface area contributed by atoms with Gasteiger partial charge in [-0.05, 0) is 80.5 Å². The summed E-state index contributed by atoms with van der Waals surface area (Å²) in [5, 5.41) is 3.45. The second kappa shape index (κ2) is 6.68. The third kappa shape index (κ3) is 3.66. The van der Waals surface area contributed by atoms with Gasteiger partial charge < -0.3 is 9.05 Å². The number of nitrogens with one attached hydrogen (secondary N) is 1. The minimum absolute atomic E-state index is 0.117. The van der Waals surface area contributed by atoms with Gasteiger partial charge in [0, 0.05) is 5.54 Å². The van der Waals surface area contributed by atoms with Gasteiger partial charge >= 0.3 is 7.75 Å². The molecule has 0 radical (unpaired) electrons. The summed E-state index contributed by atoms with van der Waals surface area (Å²) < 4.78 is 25.8. The molecular weight excluding hydrogens is 357 g/mol. The second-order valence-corrected chi connectivity index (χ2v) is 10.2. The summed E-state index contributed by atoms with van der Waals surface area (Å²) >= 11 is 0. The molecule has 4 aliphatic carbocycles. The normalized spacial score (nSPS) is 31.6. The Hall–Kier alpha value is -1.77. The summed E-state index contributed by atoms with van der Waals surface area (Å²) in [6, 6.07) is 18.7. The minimum Gasteiger partial charge on any atom is -0.405 e. The van der Waals surface area contributed by atoms with Gasteiger partial charge in [-0.3, -0.25) is 0 Å². The maximum absolute atomic E-state index is 13.9. The molecule has 2 aromatic rings. The van der Waals surface area contributed by atoms with Gasteiger partial charge in [0.2, 0.25) is 0 Å². The highest BCUT2D eigenvalue weighted by Crippen LogP contribution is 2.59. The summed E-state index contributed by atoms with van der Waals surface area (Å²) in [6.07, 6.45) is 7.26. The van der Waals surface area contributed by atoms with Gasteiger partial charge in [0.15, 0.2) is 0 Å². The molecule has 0 aliphatic heterocycles. The van der Waals surface area contributed by atoms with E-state index < -0.39 is 7.75 Å². The maximum Gasteiger partial charge on any atom is 0.513 e. The fraction of sp³-hybridized carbons (Fsp3) is 0.455. The zero-order chi connectivity index (χ0) is 18.3. The van der Waals surface area contributed by atoms with E-state index in [2.05, 4.69) is 5.09 Å². The van der Waals surface area contributed by atoms with E-state index in [9.17, 15) is 4.57 Å². The third-order valence-electron chi connectivity index (χ3n) is 6.35. The van der Waals surface area contributed by atoms with Crippen molar-refractivity contribution < 1.29 is 13.6 Å². The van der Waals surface area contributed by atoms with Crippen LogP contribution in [-0.2, 0) is 4.57 Å². The smallest absolute Gasteiger partial charge is 0.405 e. The van der Waals surface area contributed by atoms with Crippen molar-refractivity contribution in [1.82, 2.24) is 5.09 Å². The van der Waals surface area contributed by atoms with Crippen LogP contribution in [0.3, 0.4) is 0 Å². The first-order valence-corrected chi connectivity index (χ1v) is 11.5. The number of para-hydroxylation sites is 2. The molecule has 142 valence electrons.